The van der Waals surface area contributed by atoms with Crippen molar-refractivity contribution in [2.24, 2.45) is 5.92 Å². The van der Waals surface area contributed by atoms with Crippen LogP contribution >= 0.6 is 0 Å². The fourth-order valence-corrected chi connectivity index (χ4v) is 3.65. The van der Waals surface area contributed by atoms with E-state index in [1.54, 1.807) is 30.6 Å². The van der Waals surface area contributed by atoms with Gasteiger partial charge in [0.1, 0.15) is 11.6 Å². The number of benzene rings is 1. The minimum absolute atomic E-state index is 0.159. The van der Waals surface area contributed by atoms with Crippen LogP contribution in [0.5, 0.6) is 0 Å². The van der Waals surface area contributed by atoms with Crippen molar-refractivity contribution >= 4 is 22.4 Å². The molecule has 1 aromatic carbocycles. The Morgan fingerprint density at radius 3 is 2.70 bits per heavy atom. The predicted molar refractivity (Wildman–Crippen MR) is 128 cm³/mol. The van der Waals surface area contributed by atoms with Gasteiger partial charge in [-0.3, -0.25) is 4.98 Å². The van der Waals surface area contributed by atoms with E-state index in [0.717, 1.165) is 36.0 Å². The van der Waals surface area contributed by atoms with Gasteiger partial charge in [0.05, 0.1) is 29.2 Å². The first-order valence-corrected chi connectivity index (χ1v) is 11.0. The number of pyridine rings is 2. The second-order valence-corrected chi connectivity index (χ2v) is 8.66. The first-order chi connectivity index (χ1) is 15.9. The molecule has 0 bridgehead atoms. The Morgan fingerprint density at radius 1 is 1.12 bits per heavy atom. The van der Waals surface area contributed by atoms with Crippen LogP contribution in [0.2, 0.25) is 0 Å². The summed E-state index contributed by atoms with van der Waals surface area (Å²) in [6.45, 7) is 3.14. The summed E-state index contributed by atoms with van der Waals surface area (Å²) >= 11 is 0. The lowest BCUT2D eigenvalue weighted by atomic mass is 10.0. The minimum atomic E-state index is -0.424. The zero-order valence-electron chi connectivity index (χ0n) is 19.2. The molecule has 7 nitrogen and oxygen atoms in total. The smallest absolute Gasteiger partial charge is 0.148 e. The summed E-state index contributed by atoms with van der Waals surface area (Å²) in [7, 11) is 4.17. The topological polar surface area (TPSA) is 79.1 Å². The molecule has 0 saturated heterocycles. The molecule has 0 saturated carbocycles. The van der Waals surface area contributed by atoms with Gasteiger partial charge in [-0.1, -0.05) is 6.92 Å². The standard InChI is InChI=1S/C25H29FN6O/c1-17(8-10-31(2)3)12-19-5-4-18-15-27-25(14-24(18)28-19)29-23-7-6-21(13-22(23)26)32-11-9-20(16-33)30-32/h4-7,9,11,13-15,17,33H,8,10,12,16H2,1-3H3,(H,27,29). The average Bonchev–Trinajstić information content (AvgIpc) is 3.28. The van der Waals surface area contributed by atoms with Crippen LogP contribution in [0.25, 0.3) is 16.6 Å². The molecule has 3 heterocycles. The molecule has 1 unspecified atom stereocenters. The van der Waals surface area contributed by atoms with Gasteiger partial charge in [0.15, 0.2) is 0 Å². The van der Waals surface area contributed by atoms with Crippen molar-refractivity contribution in [3.8, 4) is 5.69 Å². The Labute approximate surface area is 192 Å². The molecule has 4 rings (SSSR count). The van der Waals surface area contributed by atoms with Gasteiger partial charge in [0.2, 0.25) is 0 Å². The number of aliphatic hydroxyl groups is 1. The lowest BCUT2D eigenvalue weighted by Crippen LogP contribution is -2.16. The van der Waals surface area contributed by atoms with Gasteiger partial charge in [-0.2, -0.15) is 5.10 Å². The number of nitrogens with zero attached hydrogens (tertiary/aromatic N) is 5. The third-order valence-electron chi connectivity index (χ3n) is 5.54. The third kappa shape index (κ3) is 5.71. The van der Waals surface area contributed by atoms with Crippen LogP contribution in [0.15, 0.2) is 54.9 Å². The second-order valence-electron chi connectivity index (χ2n) is 8.66. The van der Waals surface area contributed by atoms with Crippen LogP contribution in [0.3, 0.4) is 0 Å². The summed E-state index contributed by atoms with van der Waals surface area (Å²) in [6.07, 6.45) is 5.46. The summed E-state index contributed by atoms with van der Waals surface area (Å²) < 4.78 is 16.3. The molecule has 0 fully saturated rings. The normalized spacial score (nSPS) is 12.4. The van der Waals surface area contributed by atoms with Gasteiger partial charge in [-0.15, -0.1) is 0 Å². The van der Waals surface area contributed by atoms with Gasteiger partial charge in [0, 0.05) is 35.6 Å². The molecule has 33 heavy (non-hydrogen) atoms. The monoisotopic (exact) mass is 448 g/mol. The molecule has 0 radical (unpaired) electrons. The summed E-state index contributed by atoms with van der Waals surface area (Å²) in [4.78, 5) is 11.4. The van der Waals surface area contributed by atoms with Crippen LogP contribution in [0.4, 0.5) is 15.9 Å². The van der Waals surface area contributed by atoms with Crippen molar-refractivity contribution in [3.63, 3.8) is 0 Å². The number of aromatic nitrogens is 4. The molecule has 8 heteroatoms. The number of anilines is 2. The van der Waals surface area contributed by atoms with Crippen molar-refractivity contribution in [1.82, 2.24) is 24.6 Å². The van der Waals surface area contributed by atoms with Crippen LogP contribution in [0.1, 0.15) is 24.7 Å². The highest BCUT2D eigenvalue weighted by atomic mass is 19.1. The van der Waals surface area contributed by atoms with E-state index in [-0.39, 0.29) is 6.61 Å². The highest BCUT2D eigenvalue weighted by Gasteiger charge is 2.10. The van der Waals surface area contributed by atoms with Crippen LogP contribution in [0, 0.1) is 11.7 Å². The number of hydrogen-bond acceptors (Lipinski definition) is 6. The summed E-state index contributed by atoms with van der Waals surface area (Å²) in [6, 6.07) is 12.4. The first-order valence-electron chi connectivity index (χ1n) is 11.0. The molecule has 172 valence electrons. The van der Waals surface area contributed by atoms with E-state index in [2.05, 4.69) is 47.4 Å². The Balaban J connectivity index is 1.50. The van der Waals surface area contributed by atoms with E-state index in [0.29, 0.717) is 28.8 Å². The van der Waals surface area contributed by atoms with Gasteiger partial charge >= 0.3 is 0 Å². The van der Waals surface area contributed by atoms with Crippen LogP contribution in [-0.2, 0) is 13.0 Å². The van der Waals surface area contributed by atoms with Crippen molar-refractivity contribution in [1.29, 1.82) is 0 Å². The Bertz CT molecular complexity index is 1240. The third-order valence-corrected chi connectivity index (χ3v) is 5.54. The number of nitrogens with one attached hydrogen (secondary N) is 1. The lowest BCUT2D eigenvalue weighted by Gasteiger charge is -2.15. The van der Waals surface area contributed by atoms with E-state index in [9.17, 15) is 4.39 Å². The highest BCUT2D eigenvalue weighted by Crippen LogP contribution is 2.24. The minimum Gasteiger partial charge on any atom is -0.390 e. The Morgan fingerprint density at radius 2 is 1.97 bits per heavy atom. The van der Waals surface area contributed by atoms with Crippen LogP contribution < -0.4 is 5.32 Å². The van der Waals surface area contributed by atoms with Gasteiger partial charge in [-0.05, 0) is 69.7 Å². The number of fused-ring (bicyclic) bond motifs is 1. The molecule has 1 atom stereocenters. The quantitative estimate of drug-likeness (QED) is 0.397. The summed E-state index contributed by atoms with van der Waals surface area (Å²) in [5.74, 6) is 0.639. The van der Waals surface area contributed by atoms with E-state index in [1.165, 1.54) is 10.7 Å². The highest BCUT2D eigenvalue weighted by molar-refractivity contribution is 5.81. The Kier molecular flexibility index (Phi) is 6.96. The van der Waals surface area contributed by atoms with Gasteiger partial charge < -0.3 is 15.3 Å². The maximum absolute atomic E-state index is 14.8. The zero-order valence-corrected chi connectivity index (χ0v) is 19.2. The maximum atomic E-state index is 14.8. The number of hydrogen-bond donors (Lipinski definition) is 2. The average molecular weight is 449 g/mol. The van der Waals surface area contributed by atoms with E-state index < -0.39 is 5.82 Å². The first kappa shape index (κ1) is 22.8. The SMILES string of the molecule is CC(CCN(C)C)Cc1ccc2cnc(Nc3ccc(-n4ccc(CO)n4)cc3F)cc2n1. The molecular weight excluding hydrogens is 419 g/mol. The Hall–Kier alpha value is -3.36. The van der Waals surface area contributed by atoms with Crippen molar-refractivity contribution in [2.45, 2.75) is 26.4 Å². The van der Waals surface area contributed by atoms with Gasteiger partial charge in [0.25, 0.3) is 0 Å². The molecule has 4 aromatic rings. The van der Waals surface area contributed by atoms with Crippen molar-refractivity contribution < 1.29 is 9.50 Å². The molecule has 0 amide bonds. The van der Waals surface area contributed by atoms with Crippen molar-refractivity contribution in [2.75, 3.05) is 26.0 Å². The molecule has 0 aliphatic rings. The second kappa shape index (κ2) is 10.1. The lowest BCUT2D eigenvalue weighted by molar-refractivity contribution is 0.276. The predicted octanol–water partition coefficient (Wildman–Crippen LogP) is 4.32. The van der Waals surface area contributed by atoms with Gasteiger partial charge in [-0.25, -0.2) is 14.1 Å². The zero-order chi connectivity index (χ0) is 23.4. The fourth-order valence-electron chi connectivity index (χ4n) is 3.65. The number of aliphatic hydroxyl groups excluding tert-OH is 1. The summed E-state index contributed by atoms with van der Waals surface area (Å²) in [5.41, 5.74) is 3.28. The maximum Gasteiger partial charge on any atom is 0.148 e. The number of rotatable bonds is 9. The van der Waals surface area contributed by atoms with E-state index >= 15 is 0 Å². The number of halogens is 1. The van der Waals surface area contributed by atoms with Crippen LogP contribution in [-0.4, -0.2) is 50.4 Å². The molecule has 0 aliphatic carbocycles. The molecular formula is C25H29FN6O. The summed E-state index contributed by atoms with van der Waals surface area (Å²) in [5, 5.41) is 17.4. The largest absolute Gasteiger partial charge is 0.390 e. The molecule has 0 spiro atoms. The molecule has 0 aliphatic heterocycles. The van der Waals surface area contributed by atoms with E-state index in [4.69, 9.17) is 10.1 Å². The van der Waals surface area contributed by atoms with Crippen molar-refractivity contribution in [3.05, 3.63) is 72.1 Å². The van der Waals surface area contributed by atoms with E-state index in [1.807, 2.05) is 12.1 Å². The molecule has 2 N–H and O–H groups in total. The molecule has 3 aromatic heterocycles. The fraction of sp³-hybridized carbons (Fsp3) is 0.320.